The van der Waals surface area contributed by atoms with Gasteiger partial charge in [-0.05, 0) is 42.7 Å². The molecule has 0 radical (unpaired) electrons. The monoisotopic (exact) mass is 425 g/mol. The Kier molecular flexibility index (Phi) is 11.8. The van der Waals surface area contributed by atoms with E-state index in [1.807, 2.05) is 24.3 Å². The van der Waals surface area contributed by atoms with Crippen molar-refractivity contribution in [2.75, 3.05) is 29.7 Å². The van der Waals surface area contributed by atoms with Crippen molar-refractivity contribution in [1.29, 1.82) is 0 Å². The van der Waals surface area contributed by atoms with Crippen LogP contribution in [0.4, 0.5) is 5.69 Å². The van der Waals surface area contributed by atoms with Gasteiger partial charge in [0, 0.05) is 37.0 Å². The van der Waals surface area contributed by atoms with Gasteiger partial charge in [0.25, 0.3) is 0 Å². The van der Waals surface area contributed by atoms with Crippen molar-refractivity contribution in [3.63, 3.8) is 0 Å². The molecular weight excluding hydrogens is 401 g/mol. The minimum Gasteiger partial charge on any atom is -0.481 e. The van der Waals surface area contributed by atoms with Crippen molar-refractivity contribution in [3.8, 4) is 0 Å². The maximum atomic E-state index is 10.4. The molecule has 2 aromatic rings. The molecule has 0 aliphatic heterocycles. The van der Waals surface area contributed by atoms with E-state index >= 15 is 0 Å². The molecule has 0 saturated carbocycles. The lowest BCUT2D eigenvalue weighted by molar-refractivity contribution is -0.137. The number of halogens is 2. The highest BCUT2D eigenvalue weighted by molar-refractivity contribution is 6.18. The lowest BCUT2D eigenvalue weighted by Crippen LogP contribution is -2.27. The van der Waals surface area contributed by atoms with E-state index in [2.05, 4.69) is 4.90 Å². The summed E-state index contributed by atoms with van der Waals surface area (Å²) in [5.74, 6) is -0.489. The number of carbonyl (C=O) groups is 2. The Hall–Kier alpha value is -2.24. The third-order valence-corrected chi connectivity index (χ3v) is 4.23. The number of anilines is 1. The number of hydrogen-bond donors (Lipinski definition) is 2. The molecule has 2 N–H and O–H groups in total. The Bertz CT molecular complexity index is 702. The predicted octanol–water partition coefficient (Wildman–Crippen LogP) is 4.76. The summed E-state index contributed by atoms with van der Waals surface area (Å²) >= 11 is 11.5. The summed E-state index contributed by atoms with van der Waals surface area (Å²) in [6.07, 6.45) is 1.67. The lowest BCUT2D eigenvalue weighted by atomic mass is 10.1. The second kappa shape index (κ2) is 13.9. The van der Waals surface area contributed by atoms with Crippen molar-refractivity contribution >= 4 is 40.8 Å². The fourth-order valence-corrected chi connectivity index (χ4v) is 2.88. The van der Waals surface area contributed by atoms with E-state index in [4.69, 9.17) is 33.4 Å². The van der Waals surface area contributed by atoms with Crippen LogP contribution in [0, 0.1) is 0 Å². The standard InChI is InChI=1S/C14H19Cl2NO2.C7H6O2/c15-8-10-17(11-9-16)13-6-4-12(5-7-13)2-1-3-14(18)19;8-7(9)6-4-2-1-3-5-6/h4-7H,1-3,8-11H2,(H,18,19);1-5H,(H,8,9). The minimum absolute atomic E-state index is 0.215. The van der Waals surface area contributed by atoms with Crippen LogP contribution in [0.15, 0.2) is 54.6 Å². The molecule has 0 amide bonds. The molecule has 0 saturated heterocycles. The molecule has 28 heavy (non-hydrogen) atoms. The number of carboxylic acids is 2. The molecule has 152 valence electrons. The van der Waals surface area contributed by atoms with E-state index in [0.717, 1.165) is 30.8 Å². The first-order valence-electron chi connectivity index (χ1n) is 8.94. The van der Waals surface area contributed by atoms with Gasteiger partial charge in [0.15, 0.2) is 0 Å². The second-order valence-electron chi connectivity index (χ2n) is 5.95. The third kappa shape index (κ3) is 9.62. The quantitative estimate of drug-likeness (QED) is 0.536. The van der Waals surface area contributed by atoms with Crippen LogP contribution in [0.5, 0.6) is 0 Å². The SMILES string of the molecule is O=C(O)CCCc1ccc(N(CCCl)CCCl)cc1.O=C(O)c1ccccc1. The minimum atomic E-state index is -0.879. The maximum Gasteiger partial charge on any atom is 0.335 e. The van der Waals surface area contributed by atoms with Crippen LogP contribution in [0.2, 0.25) is 0 Å². The largest absolute Gasteiger partial charge is 0.481 e. The van der Waals surface area contributed by atoms with Gasteiger partial charge in [-0.25, -0.2) is 4.79 Å². The van der Waals surface area contributed by atoms with Gasteiger partial charge in [0.2, 0.25) is 0 Å². The molecular formula is C21H25Cl2NO4. The fourth-order valence-electron chi connectivity index (χ4n) is 2.47. The Morgan fingerprint density at radius 2 is 1.43 bits per heavy atom. The van der Waals surface area contributed by atoms with Crippen molar-refractivity contribution in [1.82, 2.24) is 0 Å². The van der Waals surface area contributed by atoms with E-state index < -0.39 is 11.9 Å². The van der Waals surface area contributed by atoms with Gasteiger partial charge in [-0.2, -0.15) is 0 Å². The lowest BCUT2D eigenvalue weighted by Gasteiger charge is -2.23. The van der Waals surface area contributed by atoms with Crippen molar-refractivity contribution < 1.29 is 19.8 Å². The number of nitrogens with zero attached hydrogens (tertiary/aromatic N) is 1. The van der Waals surface area contributed by atoms with E-state index in [1.165, 1.54) is 0 Å². The molecule has 0 aliphatic rings. The molecule has 0 bridgehead atoms. The molecule has 7 heteroatoms. The van der Waals surface area contributed by atoms with E-state index in [1.54, 1.807) is 30.3 Å². The molecule has 0 fully saturated rings. The zero-order valence-corrected chi connectivity index (χ0v) is 17.1. The van der Waals surface area contributed by atoms with Crippen LogP contribution in [-0.4, -0.2) is 47.0 Å². The molecule has 0 aliphatic carbocycles. The average Bonchev–Trinajstić information content (AvgIpc) is 2.69. The van der Waals surface area contributed by atoms with Crippen molar-refractivity contribution in [2.45, 2.75) is 19.3 Å². The Morgan fingerprint density at radius 3 is 1.86 bits per heavy atom. The normalized spacial score (nSPS) is 9.93. The van der Waals surface area contributed by atoms with Crippen LogP contribution < -0.4 is 4.90 Å². The molecule has 0 atom stereocenters. The summed E-state index contributed by atoms with van der Waals surface area (Å²) in [6, 6.07) is 16.4. The van der Waals surface area contributed by atoms with Crippen molar-refractivity contribution in [3.05, 3.63) is 65.7 Å². The highest BCUT2D eigenvalue weighted by atomic mass is 35.5. The average molecular weight is 426 g/mol. The number of alkyl halides is 2. The summed E-state index contributed by atoms with van der Waals surface area (Å²) < 4.78 is 0. The Morgan fingerprint density at radius 1 is 0.857 bits per heavy atom. The van der Waals surface area contributed by atoms with Crippen LogP contribution >= 0.6 is 23.2 Å². The van der Waals surface area contributed by atoms with Gasteiger partial charge in [-0.3, -0.25) is 4.79 Å². The van der Waals surface area contributed by atoms with Gasteiger partial charge in [-0.15, -0.1) is 23.2 Å². The number of rotatable bonds is 10. The van der Waals surface area contributed by atoms with Crippen LogP contribution in [0.25, 0.3) is 0 Å². The number of benzene rings is 2. The van der Waals surface area contributed by atoms with Crippen molar-refractivity contribution in [2.24, 2.45) is 0 Å². The first kappa shape index (κ1) is 23.8. The summed E-state index contributed by atoms with van der Waals surface area (Å²) in [6.45, 7) is 1.54. The zero-order chi connectivity index (χ0) is 20.8. The van der Waals surface area contributed by atoms with Gasteiger partial charge in [0.1, 0.15) is 0 Å². The smallest absolute Gasteiger partial charge is 0.335 e. The summed E-state index contributed by atoms with van der Waals surface area (Å²) in [5.41, 5.74) is 2.59. The third-order valence-electron chi connectivity index (χ3n) is 3.89. The number of aliphatic carboxylic acids is 1. The molecule has 0 aromatic heterocycles. The molecule has 0 spiro atoms. The Labute approximate surface area is 175 Å². The molecule has 0 unspecified atom stereocenters. The van der Waals surface area contributed by atoms with Gasteiger partial charge in [-0.1, -0.05) is 30.3 Å². The van der Waals surface area contributed by atoms with Crippen LogP contribution in [0.3, 0.4) is 0 Å². The molecule has 2 rings (SSSR count). The van der Waals surface area contributed by atoms with Gasteiger partial charge < -0.3 is 15.1 Å². The number of carboxylic acid groups (broad SMARTS) is 2. The number of hydrogen-bond acceptors (Lipinski definition) is 3. The molecule has 2 aromatic carbocycles. The topological polar surface area (TPSA) is 77.8 Å². The first-order chi connectivity index (χ1) is 13.5. The van der Waals surface area contributed by atoms with E-state index in [0.29, 0.717) is 23.7 Å². The summed E-state index contributed by atoms with van der Waals surface area (Å²) in [4.78, 5) is 22.8. The van der Waals surface area contributed by atoms with E-state index in [-0.39, 0.29) is 6.42 Å². The highest BCUT2D eigenvalue weighted by Gasteiger charge is 2.05. The summed E-state index contributed by atoms with van der Waals surface area (Å²) in [7, 11) is 0. The van der Waals surface area contributed by atoms with Crippen LogP contribution in [-0.2, 0) is 11.2 Å². The van der Waals surface area contributed by atoms with Crippen LogP contribution in [0.1, 0.15) is 28.8 Å². The van der Waals surface area contributed by atoms with Gasteiger partial charge >= 0.3 is 11.9 Å². The molecule has 5 nitrogen and oxygen atoms in total. The van der Waals surface area contributed by atoms with E-state index in [9.17, 15) is 9.59 Å². The number of aromatic carboxylic acids is 1. The molecule has 0 heterocycles. The fraction of sp³-hybridized carbons (Fsp3) is 0.333. The maximum absolute atomic E-state index is 10.4. The Balaban J connectivity index is 0.000000362. The van der Waals surface area contributed by atoms with Gasteiger partial charge in [0.05, 0.1) is 5.56 Å². The first-order valence-corrected chi connectivity index (χ1v) is 10.0. The number of aryl methyl sites for hydroxylation is 1. The predicted molar refractivity (Wildman–Crippen MR) is 114 cm³/mol. The second-order valence-corrected chi connectivity index (χ2v) is 6.71. The zero-order valence-electron chi connectivity index (χ0n) is 15.6. The summed E-state index contributed by atoms with van der Waals surface area (Å²) in [5, 5.41) is 17.0. The highest BCUT2D eigenvalue weighted by Crippen LogP contribution is 2.16.